The number of nitrogens with one attached hydrogen (secondary N) is 2. The topological polar surface area (TPSA) is 76.4 Å². The molecule has 3 rings (SSSR count). The summed E-state index contributed by atoms with van der Waals surface area (Å²) in [6, 6.07) is 9.78. The van der Waals surface area contributed by atoms with Gasteiger partial charge in [-0.3, -0.25) is 4.99 Å². The number of aliphatic imine (C=N–C) groups is 1. The zero-order valence-electron chi connectivity index (χ0n) is 16.6. The number of thiazole rings is 1. The molecule has 8 heteroatoms. The Balaban J connectivity index is 1.52. The van der Waals surface area contributed by atoms with Crippen LogP contribution < -0.4 is 15.4 Å². The molecule has 2 aromatic heterocycles. The molecule has 7 nitrogen and oxygen atoms in total. The van der Waals surface area contributed by atoms with E-state index in [9.17, 15) is 0 Å². The fourth-order valence-corrected chi connectivity index (χ4v) is 3.46. The van der Waals surface area contributed by atoms with Crippen LogP contribution in [0.25, 0.3) is 5.69 Å². The Bertz CT molecular complexity index is 913. The molecule has 1 aromatic carbocycles. The van der Waals surface area contributed by atoms with Crippen LogP contribution in [0, 0.1) is 0 Å². The molecule has 0 saturated carbocycles. The first-order chi connectivity index (χ1) is 13.6. The highest BCUT2D eigenvalue weighted by atomic mass is 32.1. The summed E-state index contributed by atoms with van der Waals surface area (Å²) in [4.78, 5) is 8.90. The minimum Gasteiger partial charge on any atom is -0.497 e. The second-order valence-electron chi connectivity index (χ2n) is 6.55. The fourth-order valence-electron chi connectivity index (χ4n) is 2.56. The van der Waals surface area contributed by atoms with E-state index in [2.05, 4.69) is 44.9 Å². The van der Waals surface area contributed by atoms with Gasteiger partial charge in [0.25, 0.3) is 0 Å². The van der Waals surface area contributed by atoms with E-state index in [0.717, 1.165) is 33.8 Å². The van der Waals surface area contributed by atoms with Crippen LogP contribution in [0.5, 0.6) is 5.75 Å². The van der Waals surface area contributed by atoms with Crippen LogP contribution in [0.3, 0.4) is 0 Å². The van der Waals surface area contributed by atoms with E-state index in [1.807, 2.05) is 41.2 Å². The molecule has 0 bridgehead atoms. The minimum absolute atomic E-state index is 0.447. The largest absolute Gasteiger partial charge is 0.497 e. The van der Waals surface area contributed by atoms with E-state index in [1.54, 1.807) is 25.5 Å². The third-order valence-corrected chi connectivity index (χ3v) is 5.08. The molecule has 0 aliphatic heterocycles. The average Bonchev–Trinajstić information content (AvgIpc) is 3.38. The molecule has 0 amide bonds. The first-order valence-electron chi connectivity index (χ1n) is 9.17. The molecule has 2 heterocycles. The number of aromatic nitrogens is 3. The maximum atomic E-state index is 5.19. The van der Waals surface area contributed by atoms with Crippen molar-refractivity contribution in [2.75, 3.05) is 14.2 Å². The first-order valence-corrected chi connectivity index (χ1v) is 10.0. The van der Waals surface area contributed by atoms with Crippen LogP contribution in [-0.2, 0) is 13.1 Å². The Morgan fingerprint density at radius 3 is 2.57 bits per heavy atom. The van der Waals surface area contributed by atoms with Gasteiger partial charge in [-0.05, 0) is 36.2 Å². The molecular formula is C20H26N6OS. The first kappa shape index (κ1) is 19.9. The number of guanidine groups is 1. The highest BCUT2D eigenvalue weighted by Crippen LogP contribution is 2.17. The van der Waals surface area contributed by atoms with Gasteiger partial charge < -0.3 is 15.4 Å². The van der Waals surface area contributed by atoms with Gasteiger partial charge in [0.05, 0.1) is 37.3 Å². The molecule has 28 heavy (non-hydrogen) atoms. The SMILES string of the molecule is CN=C(NCc1ccn(-c2ccc(OC)cc2)n1)NCc1nc(C(C)C)cs1. The van der Waals surface area contributed by atoms with Crippen LogP contribution in [0.1, 0.15) is 36.2 Å². The fraction of sp³-hybridized carbons (Fsp3) is 0.350. The van der Waals surface area contributed by atoms with Gasteiger partial charge in [-0.25, -0.2) is 9.67 Å². The minimum atomic E-state index is 0.447. The lowest BCUT2D eigenvalue weighted by atomic mass is 10.2. The van der Waals surface area contributed by atoms with Crippen molar-refractivity contribution in [3.63, 3.8) is 0 Å². The highest BCUT2D eigenvalue weighted by molar-refractivity contribution is 7.09. The number of hydrogen-bond acceptors (Lipinski definition) is 5. The molecule has 0 aliphatic rings. The quantitative estimate of drug-likeness (QED) is 0.472. The number of ether oxygens (including phenoxy) is 1. The van der Waals surface area contributed by atoms with Crippen molar-refractivity contribution < 1.29 is 4.74 Å². The van der Waals surface area contributed by atoms with Crippen molar-refractivity contribution in [1.82, 2.24) is 25.4 Å². The van der Waals surface area contributed by atoms with Crippen LogP contribution >= 0.6 is 11.3 Å². The zero-order valence-corrected chi connectivity index (χ0v) is 17.5. The Morgan fingerprint density at radius 2 is 1.93 bits per heavy atom. The molecule has 0 saturated heterocycles. The Kier molecular flexibility index (Phi) is 6.65. The molecule has 0 unspecified atom stereocenters. The molecule has 3 aromatic rings. The number of benzene rings is 1. The van der Waals surface area contributed by atoms with E-state index < -0.39 is 0 Å². The second kappa shape index (κ2) is 9.36. The summed E-state index contributed by atoms with van der Waals surface area (Å²) >= 11 is 1.67. The smallest absolute Gasteiger partial charge is 0.191 e. The van der Waals surface area contributed by atoms with Gasteiger partial charge >= 0.3 is 0 Å². The average molecular weight is 399 g/mol. The molecule has 0 fully saturated rings. The predicted octanol–water partition coefficient (Wildman–Crippen LogP) is 3.33. The van der Waals surface area contributed by atoms with E-state index in [-0.39, 0.29) is 0 Å². The number of methoxy groups -OCH3 is 1. The van der Waals surface area contributed by atoms with Crippen molar-refractivity contribution in [2.24, 2.45) is 4.99 Å². The summed E-state index contributed by atoms with van der Waals surface area (Å²) in [5.74, 6) is 2.00. The van der Waals surface area contributed by atoms with Crippen molar-refractivity contribution in [3.05, 3.63) is 58.3 Å². The molecule has 2 N–H and O–H groups in total. The normalized spacial score (nSPS) is 11.7. The second-order valence-corrected chi connectivity index (χ2v) is 7.49. The van der Waals surface area contributed by atoms with Crippen molar-refractivity contribution in [2.45, 2.75) is 32.9 Å². The third kappa shape index (κ3) is 5.10. The summed E-state index contributed by atoms with van der Waals surface area (Å²) in [5, 5.41) is 14.4. The number of rotatable bonds is 7. The van der Waals surface area contributed by atoms with Gasteiger partial charge in [0, 0.05) is 18.6 Å². The van der Waals surface area contributed by atoms with Crippen molar-refractivity contribution >= 4 is 17.3 Å². The molecular weight excluding hydrogens is 372 g/mol. The highest BCUT2D eigenvalue weighted by Gasteiger charge is 2.07. The molecule has 0 radical (unpaired) electrons. The number of hydrogen-bond donors (Lipinski definition) is 2. The summed E-state index contributed by atoms with van der Waals surface area (Å²) in [7, 11) is 3.41. The van der Waals surface area contributed by atoms with E-state index in [0.29, 0.717) is 19.0 Å². The molecule has 148 valence electrons. The van der Waals surface area contributed by atoms with Gasteiger partial charge in [-0.2, -0.15) is 5.10 Å². The van der Waals surface area contributed by atoms with Crippen LogP contribution in [0.15, 0.2) is 46.9 Å². The standard InChI is InChI=1S/C20H26N6OS/c1-14(2)18-13-28-19(24-18)12-23-20(21-3)22-11-15-9-10-26(25-15)16-5-7-17(27-4)8-6-16/h5-10,13-14H,11-12H2,1-4H3,(H2,21,22,23). The predicted molar refractivity (Wildman–Crippen MR) is 113 cm³/mol. The van der Waals surface area contributed by atoms with Crippen molar-refractivity contribution in [3.8, 4) is 11.4 Å². The van der Waals surface area contributed by atoms with Crippen molar-refractivity contribution in [1.29, 1.82) is 0 Å². The Morgan fingerprint density at radius 1 is 1.18 bits per heavy atom. The summed E-state index contributed by atoms with van der Waals surface area (Å²) in [6.07, 6.45) is 1.94. The van der Waals surface area contributed by atoms with Gasteiger partial charge in [0.15, 0.2) is 5.96 Å². The lowest BCUT2D eigenvalue weighted by molar-refractivity contribution is 0.414. The van der Waals surface area contributed by atoms with E-state index in [1.165, 1.54) is 0 Å². The van der Waals surface area contributed by atoms with Gasteiger partial charge in [-0.1, -0.05) is 13.8 Å². The Hall–Kier alpha value is -2.87. The monoisotopic (exact) mass is 398 g/mol. The summed E-state index contributed by atoms with van der Waals surface area (Å²) < 4.78 is 7.03. The lowest BCUT2D eigenvalue weighted by Gasteiger charge is -2.09. The zero-order chi connectivity index (χ0) is 19.9. The molecule has 0 aliphatic carbocycles. The maximum Gasteiger partial charge on any atom is 0.191 e. The summed E-state index contributed by atoms with van der Waals surface area (Å²) in [5.41, 5.74) is 3.04. The van der Waals surface area contributed by atoms with Crippen LogP contribution in [0.2, 0.25) is 0 Å². The van der Waals surface area contributed by atoms with Crippen LogP contribution in [-0.4, -0.2) is 34.9 Å². The number of nitrogens with zero attached hydrogens (tertiary/aromatic N) is 4. The van der Waals surface area contributed by atoms with Crippen LogP contribution in [0.4, 0.5) is 0 Å². The van der Waals surface area contributed by atoms with E-state index in [4.69, 9.17) is 4.74 Å². The summed E-state index contributed by atoms with van der Waals surface area (Å²) in [6.45, 7) is 5.53. The third-order valence-electron chi connectivity index (χ3n) is 4.21. The van der Waals surface area contributed by atoms with Gasteiger partial charge in [0.2, 0.25) is 0 Å². The Labute approximate surface area is 169 Å². The van der Waals surface area contributed by atoms with Gasteiger partial charge in [-0.15, -0.1) is 11.3 Å². The molecule has 0 spiro atoms. The molecule has 0 atom stereocenters. The van der Waals surface area contributed by atoms with Gasteiger partial charge in [0.1, 0.15) is 10.8 Å². The maximum absolute atomic E-state index is 5.19. The van der Waals surface area contributed by atoms with E-state index >= 15 is 0 Å². The lowest BCUT2D eigenvalue weighted by Crippen LogP contribution is -2.36.